The van der Waals surface area contributed by atoms with Gasteiger partial charge in [-0.25, -0.2) is 0 Å². The standard InChI is InChI=1S/C14H28N2O3/c1-6-15-14(4,12(17)18-5)7-8-16-9-10-19-11-13(16,2)3/h15H,6-11H2,1-5H3. The number of morpholine rings is 1. The molecule has 1 aliphatic heterocycles. The van der Waals surface area contributed by atoms with Crippen LogP contribution in [0.15, 0.2) is 0 Å². The third-order valence-electron chi connectivity index (χ3n) is 3.90. The highest BCUT2D eigenvalue weighted by molar-refractivity contribution is 5.80. The van der Waals surface area contributed by atoms with Crippen molar-refractivity contribution in [3.8, 4) is 0 Å². The largest absolute Gasteiger partial charge is 0.468 e. The summed E-state index contributed by atoms with van der Waals surface area (Å²) >= 11 is 0. The maximum Gasteiger partial charge on any atom is 0.325 e. The summed E-state index contributed by atoms with van der Waals surface area (Å²) in [6.07, 6.45) is 0.733. The highest BCUT2D eigenvalue weighted by atomic mass is 16.5. The van der Waals surface area contributed by atoms with E-state index < -0.39 is 5.54 Å². The molecule has 0 aromatic carbocycles. The number of nitrogens with one attached hydrogen (secondary N) is 1. The number of methoxy groups -OCH3 is 1. The molecule has 0 amide bonds. The van der Waals surface area contributed by atoms with Crippen molar-refractivity contribution in [2.45, 2.75) is 45.2 Å². The van der Waals surface area contributed by atoms with Gasteiger partial charge in [-0.05, 0) is 33.7 Å². The SMILES string of the molecule is CCNC(C)(CCN1CCOCC1(C)C)C(=O)OC. The molecule has 0 saturated carbocycles. The second kappa shape index (κ2) is 6.68. The van der Waals surface area contributed by atoms with Gasteiger partial charge in [0.15, 0.2) is 0 Å². The van der Waals surface area contributed by atoms with Gasteiger partial charge in [0.2, 0.25) is 0 Å². The van der Waals surface area contributed by atoms with E-state index in [1.165, 1.54) is 7.11 Å². The minimum atomic E-state index is -0.613. The van der Waals surface area contributed by atoms with Crippen molar-refractivity contribution in [1.82, 2.24) is 10.2 Å². The Labute approximate surface area is 116 Å². The summed E-state index contributed by atoms with van der Waals surface area (Å²) in [4.78, 5) is 14.3. The van der Waals surface area contributed by atoms with Gasteiger partial charge in [-0.2, -0.15) is 0 Å². The average molecular weight is 272 g/mol. The molecular weight excluding hydrogens is 244 g/mol. The number of nitrogens with zero attached hydrogens (tertiary/aromatic N) is 1. The third kappa shape index (κ3) is 4.16. The normalized spacial score (nSPS) is 22.8. The highest BCUT2D eigenvalue weighted by Crippen LogP contribution is 2.21. The van der Waals surface area contributed by atoms with Gasteiger partial charge in [0.1, 0.15) is 5.54 Å². The van der Waals surface area contributed by atoms with Crippen LogP contribution < -0.4 is 5.32 Å². The lowest BCUT2D eigenvalue weighted by molar-refractivity contribution is -0.148. The summed E-state index contributed by atoms with van der Waals surface area (Å²) in [6.45, 7) is 12.3. The lowest BCUT2D eigenvalue weighted by Crippen LogP contribution is -2.57. The lowest BCUT2D eigenvalue weighted by Gasteiger charge is -2.43. The molecule has 0 aliphatic carbocycles. The first-order valence-electron chi connectivity index (χ1n) is 7.02. The van der Waals surface area contributed by atoms with E-state index in [1.807, 2.05) is 13.8 Å². The zero-order valence-corrected chi connectivity index (χ0v) is 12.9. The Bertz CT molecular complexity index is 307. The molecule has 1 rings (SSSR count). The van der Waals surface area contributed by atoms with Gasteiger partial charge in [0.05, 0.1) is 20.3 Å². The predicted octanol–water partition coefficient (Wildman–Crippen LogP) is 1.03. The van der Waals surface area contributed by atoms with Crippen LogP contribution in [0.25, 0.3) is 0 Å². The topological polar surface area (TPSA) is 50.8 Å². The monoisotopic (exact) mass is 272 g/mol. The second-order valence-corrected chi connectivity index (χ2v) is 5.96. The molecule has 5 nitrogen and oxygen atoms in total. The van der Waals surface area contributed by atoms with Gasteiger partial charge in [-0.1, -0.05) is 6.92 Å². The predicted molar refractivity (Wildman–Crippen MR) is 75.2 cm³/mol. The molecule has 0 bridgehead atoms. The fraction of sp³-hybridized carbons (Fsp3) is 0.929. The van der Waals surface area contributed by atoms with E-state index in [0.29, 0.717) is 0 Å². The lowest BCUT2D eigenvalue weighted by atomic mass is 9.95. The number of rotatable bonds is 6. The second-order valence-electron chi connectivity index (χ2n) is 5.96. The van der Waals surface area contributed by atoms with Crippen molar-refractivity contribution in [1.29, 1.82) is 0 Å². The van der Waals surface area contributed by atoms with E-state index >= 15 is 0 Å². The molecule has 1 aliphatic rings. The van der Waals surface area contributed by atoms with Crippen molar-refractivity contribution in [3.63, 3.8) is 0 Å². The summed E-state index contributed by atoms with van der Waals surface area (Å²) in [5, 5.41) is 3.24. The molecule has 19 heavy (non-hydrogen) atoms. The summed E-state index contributed by atoms with van der Waals surface area (Å²) in [5.41, 5.74) is -0.584. The maximum atomic E-state index is 11.9. The van der Waals surface area contributed by atoms with Gasteiger partial charge >= 0.3 is 5.97 Å². The van der Waals surface area contributed by atoms with Crippen LogP contribution in [0.2, 0.25) is 0 Å². The molecule has 0 aromatic heterocycles. The van der Waals surface area contributed by atoms with Crippen molar-refractivity contribution in [3.05, 3.63) is 0 Å². The molecular formula is C14H28N2O3. The van der Waals surface area contributed by atoms with E-state index in [-0.39, 0.29) is 11.5 Å². The quantitative estimate of drug-likeness (QED) is 0.732. The van der Waals surface area contributed by atoms with Crippen molar-refractivity contribution < 1.29 is 14.3 Å². The van der Waals surface area contributed by atoms with E-state index in [1.54, 1.807) is 0 Å². The van der Waals surface area contributed by atoms with E-state index in [2.05, 4.69) is 24.1 Å². The van der Waals surface area contributed by atoms with Gasteiger partial charge < -0.3 is 14.8 Å². The molecule has 1 atom stereocenters. The molecule has 1 N–H and O–H groups in total. The number of hydrogen-bond acceptors (Lipinski definition) is 5. The van der Waals surface area contributed by atoms with Gasteiger partial charge in [-0.3, -0.25) is 9.69 Å². The minimum absolute atomic E-state index is 0.0293. The fourth-order valence-corrected chi connectivity index (χ4v) is 2.54. The van der Waals surface area contributed by atoms with Crippen LogP contribution in [0.3, 0.4) is 0 Å². The zero-order valence-electron chi connectivity index (χ0n) is 12.9. The van der Waals surface area contributed by atoms with E-state index in [9.17, 15) is 4.79 Å². The number of ether oxygens (including phenoxy) is 2. The first-order chi connectivity index (χ1) is 8.85. The summed E-state index contributed by atoms with van der Waals surface area (Å²) in [7, 11) is 1.44. The van der Waals surface area contributed by atoms with Gasteiger partial charge in [-0.15, -0.1) is 0 Å². The molecule has 5 heteroatoms. The van der Waals surface area contributed by atoms with Crippen molar-refractivity contribution in [2.75, 3.05) is 40.0 Å². The number of carbonyl (C=O) groups is 1. The first-order valence-corrected chi connectivity index (χ1v) is 7.02. The molecule has 1 saturated heterocycles. The molecule has 0 spiro atoms. The summed E-state index contributed by atoms with van der Waals surface area (Å²) < 4.78 is 10.4. The molecule has 1 unspecified atom stereocenters. The van der Waals surface area contributed by atoms with E-state index in [0.717, 1.165) is 39.3 Å². The molecule has 1 heterocycles. The van der Waals surface area contributed by atoms with Crippen LogP contribution in [0, 0.1) is 0 Å². The van der Waals surface area contributed by atoms with Gasteiger partial charge in [0.25, 0.3) is 0 Å². The third-order valence-corrected chi connectivity index (χ3v) is 3.90. The number of carbonyl (C=O) groups excluding carboxylic acids is 1. The zero-order chi connectivity index (χ0) is 14.5. The highest BCUT2D eigenvalue weighted by Gasteiger charge is 2.36. The molecule has 1 fully saturated rings. The van der Waals surface area contributed by atoms with Crippen LogP contribution in [0.4, 0.5) is 0 Å². The summed E-state index contributed by atoms with van der Waals surface area (Å²) in [5.74, 6) is -0.194. The fourth-order valence-electron chi connectivity index (χ4n) is 2.54. The smallest absolute Gasteiger partial charge is 0.325 e. The Morgan fingerprint density at radius 3 is 2.74 bits per heavy atom. The van der Waals surface area contributed by atoms with Gasteiger partial charge in [0, 0.05) is 18.6 Å². The van der Waals surface area contributed by atoms with Crippen molar-refractivity contribution >= 4 is 5.97 Å². The number of esters is 1. The van der Waals surface area contributed by atoms with E-state index in [4.69, 9.17) is 9.47 Å². The minimum Gasteiger partial charge on any atom is -0.468 e. The van der Waals surface area contributed by atoms with Crippen LogP contribution in [-0.4, -0.2) is 61.9 Å². The Morgan fingerprint density at radius 1 is 1.53 bits per heavy atom. The van der Waals surface area contributed by atoms with Crippen LogP contribution in [0.1, 0.15) is 34.1 Å². The van der Waals surface area contributed by atoms with Crippen LogP contribution >= 0.6 is 0 Å². The Hall–Kier alpha value is -0.650. The summed E-state index contributed by atoms with van der Waals surface area (Å²) in [6, 6.07) is 0. The number of hydrogen-bond donors (Lipinski definition) is 1. The number of likely N-dealkylation sites (N-methyl/N-ethyl adjacent to an activating group) is 1. The molecule has 0 radical (unpaired) electrons. The molecule has 112 valence electrons. The van der Waals surface area contributed by atoms with Crippen molar-refractivity contribution in [2.24, 2.45) is 0 Å². The van der Waals surface area contributed by atoms with Crippen LogP contribution in [-0.2, 0) is 14.3 Å². The first kappa shape index (κ1) is 16.4. The van der Waals surface area contributed by atoms with Crippen LogP contribution in [0.5, 0.6) is 0 Å². The maximum absolute atomic E-state index is 11.9. The Balaban J connectivity index is 2.63. The average Bonchev–Trinajstić information content (AvgIpc) is 2.36. The Kier molecular flexibility index (Phi) is 5.77. The molecule has 0 aromatic rings. The Morgan fingerprint density at radius 2 is 2.21 bits per heavy atom.